The monoisotopic (exact) mass is 217 g/mol. The van der Waals surface area contributed by atoms with Gasteiger partial charge in [0, 0.05) is 11.6 Å². The standard InChI is InChI=1S/C14H19NO/c1-10(2)16-14-6-4-3-5-13(14)11-7-8-12(15)9-11/h3-6,9-10,12H,7-8,15H2,1-2H3. The van der Waals surface area contributed by atoms with Crippen molar-refractivity contribution in [1.29, 1.82) is 0 Å². The first-order chi connectivity index (χ1) is 7.66. The molecule has 0 bridgehead atoms. The van der Waals surface area contributed by atoms with E-state index in [1.807, 2.05) is 32.0 Å². The fourth-order valence-corrected chi connectivity index (χ4v) is 2.06. The van der Waals surface area contributed by atoms with E-state index in [2.05, 4.69) is 12.1 Å². The van der Waals surface area contributed by atoms with E-state index in [1.54, 1.807) is 0 Å². The van der Waals surface area contributed by atoms with Crippen LogP contribution in [0.1, 0.15) is 32.3 Å². The lowest BCUT2D eigenvalue weighted by atomic mass is 10.0. The minimum absolute atomic E-state index is 0.205. The Labute approximate surface area is 97.1 Å². The maximum absolute atomic E-state index is 5.90. The largest absolute Gasteiger partial charge is 0.490 e. The van der Waals surface area contributed by atoms with Gasteiger partial charge in [-0.3, -0.25) is 0 Å². The van der Waals surface area contributed by atoms with Gasteiger partial charge in [0.1, 0.15) is 5.75 Å². The maximum atomic E-state index is 5.90. The van der Waals surface area contributed by atoms with E-state index in [0.717, 1.165) is 18.6 Å². The molecule has 2 N–H and O–H groups in total. The summed E-state index contributed by atoms with van der Waals surface area (Å²) in [6, 6.07) is 8.41. The fraction of sp³-hybridized carbons (Fsp3) is 0.429. The zero-order valence-corrected chi connectivity index (χ0v) is 9.94. The van der Waals surface area contributed by atoms with Crippen LogP contribution in [0.2, 0.25) is 0 Å². The summed E-state index contributed by atoms with van der Waals surface area (Å²) in [5.41, 5.74) is 8.42. The SMILES string of the molecule is CC(C)Oc1ccccc1C1=CC(N)CC1. The van der Waals surface area contributed by atoms with Crippen LogP contribution < -0.4 is 10.5 Å². The molecule has 0 spiro atoms. The molecule has 0 saturated heterocycles. The summed E-state index contributed by atoms with van der Waals surface area (Å²) in [5.74, 6) is 0.970. The number of benzene rings is 1. The molecule has 1 aromatic rings. The molecular formula is C14H19NO. The highest BCUT2D eigenvalue weighted by atomic mass is 16.5. The quantitative estimate of drug-likeness (QED) is 0.844. The van der Waals surface area contributed by atoms with Crippen molar-refractivity contribution in [2.45, 2.75) is 38.8 Å². The number of para-hydroxylation sites is 1. The lowest BCUT2D eigenvalue weighted by Crippen LogP contribution is -2.11. The predicted octanol–water partition coefficient (Wildman–Crippen LogP) is 2.98. The zero-order valence-electron chi connectivity index (χ0n) is 9.94. The average Bonchev–Trinajstić information content (AvgIpc) is 2.65. The van der Waals surface area contributed by atoms with Crippen LogP contribution in [0.4, 0.5) is 0 Å². The summed E-state index contributed by atoms with van der Waals surface area (Å²) in [6.45, 7) is 4.09. The molecule has 2 heteroatoms. The molecule has 16 heavy (non-hydrogen) atoms. The number of rotatable bonds is 3. The molecule has 1 aliphatic rings. The topological polar surface area (TPSA) is 35.2 Å². The third kappa shape index (κ3) is 2.45. The third-order valence-corrected chi connectivity index (χ3v) is 2.76. The van der Waals surface area contributed by atoms with Crippen LogP contribution in [0.3, 0.4) is 0 Å². The summed E-state index contributed by atoms with van der Waals surface area (Å²) in [6.07, 6.45) is 4.46. The molecule has 0 radical (unpaired) electrons. The average molecular weight is 217 g/mol. The third-order valence-electron chi connectivity index (χ3n) is 2.76. The molecule has 86 valence electrons. The first-order valence-corrected chi connectivity index (χ1v) is 5.89. The predicted molar refractivity (Wildman–Crippen MR) is 67.4 cm³/mol. The van der Waals surface area contributed by atoms with Gasteiger partial charge in [-0.15, -0.1) is 0 Å². The summed E-state index contributed by atoms with van der Waals surface area (Å²) < 4.78 is 5.81. The molecule has 0 aliphatic heterocycles. The van der Waals surface area contributed by atoms with Gasteiger partial charge in [0.15, 0.2) is 0 Å². The number of nitrogens with two attached hydrogens (primary N) is 1. The molecule has 1 unspecified atom stereocenters. The van der Waals surface area contributed by atoms with Crippen molar-refractivity contribution < 1.29 is 4.74 Å². The summed E-state index contributed by atoms with van der Waals surface area (Å²) >= 11 is 0. The van der Waals surface area contributed by atoms with Crippen molar-refractivity contribution in [2.24, 2.45) is 5.73 Å². The van der Waals surface area contributed by atoms with Gasteiger partial charge in [-0.05, 0) is 38.3 Å². The van der Waals surface area contributed by atoms with E-state index in [9.17, 15) is 0 Å². The van der Waals surface area contributed by atoms with E-state index in [0.29, 0.717) is 0 Å². The van der Waals surface area contributed by atoms with Crippen LogP contribution in [0.5, 0.6) is 5.75 Å². The van der Waals surface area contributed by atoms with Crippen LogP contribution in [0.15, 0.2) is 30.3 Å². The van der Waals surface area contributed by atoms with E-state index in [-0.39, 0.29) is 12.1 Å². The number of hydrogen-bond acceptors (Lipinski definition) is 2. The maximum Gasteiger partial charge on any atom is 0.127 e. The Morgan fingerprint density at radius 3 is 2.69 bits per heavy atom. The summed E-state index contributed by atoms with van der Waals surface area (Å²) in [7, 11) is 0. The molecule has 0 aromatic heterocycles. The molecule has 2 rings (SSSR count). The van der Waals surface area contributed by atoms with Gasteiger partial charge in [-0.1, -0.05) is 24.3 Å². The molecule has 1 aliphatic carbocycles. The molecule has 2 nitrogen and oxygen atoms in total. The highest BCUT2D eigenvalue weighted by Crippen LogP contribution is 2.33. The van der Waals surface area contributed by atoms with Crippen LogP contribution in [0.25, 0.3) is 5.57 Å². The Kier molecular flexibility index (Phi) is 3.30. The van der Waals surface area contributed by atoms with Gasteiger partial charge in [0.2, 0.25) is 0 Å². The normalized spacial score (nSPS) is 20.0. The van der Waals surface area contributed by atoms with Crippen LogP contribution >= 0.6 is 0 Å². The van der Waals surface area contributed by atoms with Gasteiger partial charge in [0.05, 0.1) is 6.10 Å². The lowest BCUT2D eigenvalue weighted by molar-refractivity contribution is 0.241. The highest BCUT2D eigenvalue weighted by molar-refractivity contribution is 5.72. The lowest BCUT2D eigenvalue weighted by Gasteiger charge is -2.14. The van der Waals surface area contributed by atoms with Crippen molar-refractivity contribution in [2.75, 3.05) is 0 Å². The Hall–Kier alpha value is -1.28. The van der Waals surface area contributed by atoms with E-state index in [1.165, 1.54) is 11.1 Å². The second-order valence-electron chi connectivity index (χ2n) is 4.56. The summed E-state index contributed by atoms with van der Waals surface area (Å²) in [5, 5.41) is 0. The molecule has 0 saturated carbocycles. The van der Waals surface area contributed by atoms with Gasteiger partial charge in [-0.25, -0.2) is 0 Å². The van der Waals surface area contributed by atoms with Crippen molar-refractivity contribution >= 4 is 5.57 Å². The first kappa shape index (κ1) is 11.2. The van der Waals surface area contributed by atoms with Gasteiger partial charge in [0.25, 0.3) is 0 Å². The number of hydrogen-bond donors (Lipinski definition) is 1. The second kappa shape index (κ2) is 4.71. The van der Waals surface area contributed by atoms with Gasteiger partial charge < -0.3 is 10.5 Å². The number of ether oxygens (including phenoxy) is 1. The van der Waals surface area contributed by atoms with Crippen LogP contribution in [0, 0.1) is 0 Å². The van der Waals surface area contributed by atoms with E-state index >= 15 is 0 Å². The van der Waals surface area contributed by atoms with Gasteiger partial charge in [-0.2, -0.15) is 0 Å². The first-order valence-electron chi connectivity index (χ1n) is 5.89. The minimum Gasteiger partial charge on any atom is -0.490 e. The fourth-order valence-electron chi connectivity index (χ4n) is 2.06. The van der Waals surface area contributed by atoms with Crippen molar-refractivity contribution in [3.63, 3.8) is 0 Å². The van der Waals surface area contributed by atoms with Crippen molar-refractivity contribution in [3.05, 3.63) is 35.9 Å². The molecule has 0 heterocycles. The van der Waals surface area contributed by atoms with Crippen molar-refractivity contribution in [3.8, 4) is 5.75 Å². The number of allylic oxidation sites excluding steroid dienone is 1. The van der Waals surface area contributed by atoms with Gasteiger partial charge >= 0.3 is 0 Å². The van der Waals surface area contributed by atoms with E-state index < -0.39 is 0 Å². The molecule has 1 atom stereocenters. The molecule has 0 fully saturated rings. The Morgan fingerprint density at radius 2 is 2.06 bits per heavy atom. The Bertz CT molecular complexity index is 395. The molecule has 0 amide bonds. The van der Waals surface area contributed by atoms with Crippen LogP contribution in [-0.4, -0.2) is 12.1 Å². The van der Waals surface area contributed by atoms with Crippen molar-refractivity contribution in [1.82, 2.24) is 0 Å². The highest BCUT2D eigenvalue weighted by Gasteiger charge is 2.16. The van der Waals surface area contributed by atoms with E-state index in [4.69, 9.17) is 10.5 Å². The summed E-state index contributed by atoms with van der Waals surface area (Å²) in [4.78, 5) is 0. The smallest absolute Gasteiger partial charge is 0.127 e. The molecular weight excluding hydrogens is 198 g/mol. The van der Waals surface area contributed by atoms with Crippen LogP contribution in [-0.2, 0) is 0 Å². The molecule has 1 aromatic carbocycles. The Balaban J connectivity index is 2.29. The second-order valence-corrected chi connectivity index (χ2v) is 4.56. The zero-order chi connectivity index (χ0) is 11.5. The minimum atomic E-state index is 0.205. The Morgan fingerprint density at radius 1 is 1.31 bits per heavy atom.